The Kier molecular flexibility index (Phi) is 5.81. The minimum absolute atomic E-state index is 0.702. The third-order valence-electron chi connectivity index (χ3n) is 4.90. The maximum Gasteiger partial charge on any atom is 0.163 e. The second kappa shape index (κ2) is 8.84. The highest BCUT2D eigenvalue weighted by molar-refractivity contribution is 5.90. The van der Waals surface area contributed by atoms with Crippen molar-refractivity contribution < 1.29 is 4.42 Å². The second-order valence-electron chi connectivity index (χ2n) is 7.22. The van der Waals surface area contributed by atoms with E-state index in [1.807, 2.05) is 42.5 Å². The van der Waals surface area contributed by atoms with Crippen molar-refractivity contribution in [3.05, 3.63) is 72.9 Å². The summed E-state index contributed by atoms with van der Waals surface area (Å²) in [5.41, 5.74) is 1.87. The van der Waals surface area contributed by atoms with Crippen LogP contribution in [0.1, 0.15) is 12.2 Å². The van der Waals surface area contributed by atoms with Crippen molar-refractivity contribution in [3.63, 3.8) is 0 Å². The summed E-state index contributed by atoms with van der Waals surface area (Å²) >= 11 is 0. The molecule has 4 rings (SSSR count). The molecule has 0 saturated heterocycles. The van der Waals surface area contributed by atoms with Gasteiger partial charge in [-0.25, -0.2) is 9.97 Å². The molecule has 29 heavy (non-hydrogen) atoms. The molecular weight excluding hydrogens is 362 g/mol. The quantitative estimate of drug-likeness (QED) is 0.451. The topological polar surface area (TPSA) is 58.3 Å². The maximum absolute atomic E-state index is 5.43. The molecule has 0 spiro atoms. The van der Waals surface area contributed by atoms with Crippen LogP contribution in [-0.4, -0.2) is 47.0 Å². The lowest BCUT2D eigenvalue weighted by atomic mass is 10.2. The van der Waals surface area contributed by atoms with Gasteiger partial charge in [-0.2, -0.15) is 0 Å². The number of pyridine rings is 1. The monoisotopic (exact) mass is 387 g/mol. The van der Waals surface area contributed by atoms with Crippen molar-refractivity contribution in [2.75, 3.05) is 32.1 Å². The Morgan fingerprint density at radius 3 is 2.62 bits per heavy atom. The Bertz CT molecular complexity index is 1050. The van der Waals surface area contributed by atoms with Gasteiger partial charge in [0, 0.05) is 36.9 Å². The average Bonchev–Trinajstić information content (AvgIpc) is 3.26. The Morgan fingerprint density at radius 1 is 0.931 bits per heavy atom. The van der Waals surface area contributed by atoms with E-state index in [-0.39, 0.29) is 0 Å². The first-order valence-electron chi connectivity index (χ1n) is 9.80. The van der Waals surface area contributed by atoms with Crippen molar-refractivity contribution in [1.29, 1.82) is 0 Å². The normalized spacial score (nSPS) is 11.3. The summed E-state index contributed by atoms with van der Waals surface area (Å²) in [6, 6.07) is 16.0. The number of nitrogens with zero attached hydrogens (tertiary/aromatic N) is 5. The molecule has 0 saturated carbocycles. The fourth-order valence-corrected chi connectivity index (χ4v) is 3.41. The predicted molar refractivity (Wildman–Crippen MR) is 116 cm³/mol. The van der Waals surface area contributed by atoms with Crippen LogP contribution in [0.4, 0.5) is 5.82 Å². The molecule has 4 aromatic rings. The standard InChI is InChI=1S/C23H25N5O/c1-27(17-19-9-6-15-29-19)13-7-14-28(2)23-20-10-3-4-11-21(20)25-22(26-23)18-8-5-12-24-16-18/h3-6,8-12,15-16H,7,13-14,17H2,1-2H3. The van der Waals surface area contributed by atoms with E-state index >= 15 is 0 Å². The first-order valence-corrected chi connectivity index (χ1v) is 9.80. The summed E-state index contributed by atoms with van der Waals surface area (Å²) in [4.78, 5) is 18.3. The van der Waals surface area contributed by atoms with Crippen LogP contribution < -0.4 is 4.90 Å². The van der Waals surface area contributed by atoms with Crippen LogP contribution in [0.15, 0.2) is 71.6 Å². The van der Waals surface area contributed by atoms with Crippen LogP contribution in [0.5, 0.6) is 0 Å². The zero-order chi connectivity index (χ0) is 20.1. The first kappa shape index (κ1) is 19.1. The van der Waals surface area contributed by atoms with Crippen LogP contribution >= 0.6 is 0 Å². The second-order valence-corrected chi connectivity index (χ2v) is 7.22. The number of para-hydroxylation sites is 1. The lowest BCUT2D eigenvalue weighted by Gasteiger charge is -2.22. The third kappa shape index (κ3) is 4.60. The van der Waals surface area contributed by atoms with E-state index in [2.05, 4.69) is 34.9 Å². The van der Waals surface area contributed by atoms with Gasteiger partial charge < -0.3 is 9.32 Å². The van der Waals surface area contributed by atoms with Crippen LogP contribution in [0.2, 0.25) is 0 Å². The molecule has 0 aliphatic carbocycles. The smallest absolute Gasteiger partial charge is 0.163 e. The molecule has 3 heterocycles. The molecule has 0 aliphatic rings. The molecule has 0 aliphatic heterocycles. The Morgan fingerprint density at radius 2 is 1.83 bits per heavy atom. The van der Waals surface area contributed by atoms with E-state index in [1.165, 1.54) is 0 Å². The summed E-state index contributed by atoms with van der Waals surface area (Å²) in [6.45, 7) is 2.69. The van der Waals surface area contributed by atoms with Crippen molar-refractivity contribution >= 4 is 16.7 Å². The number of furan rings is 1. The molecule has 0 N–H and O–H groups in total. The van der Waals surface area contributed by atoms with Crippen molar-refractivity contribution in [1.82, 2.24) is 19.9 Å². The van der Waals surface area contributed by atoms with E-state index in [9.17, 15) is 0 Å². The van der Waals surface area contributed by atoms with E-state index < -0.39 is 0 Å². The lowest BCUT2D eigenvalue weighted by molar-refractivity contribution is 0.292. The number of benzene rings is 1. The zero-order valence-corrected chi connectivity index (χ0v) is 16.8. The third-order valence-corrected chi connectivity index (χ3v) is 4.90. The molecule has 0 fully saturated rings. The zero-order valence-electron chi connectivity index (χ0n) is 16.8. The number of anilines is 1. The van der Waals surface area contributed by atoms with Gasteiger partial charge >= 0.3 is 0 Å². The summed E-state index contributed by atoms with van der Waals surface area (Å²) < 4.78 is 5.43. The largest absolute Gasteiger partial charge is 0.468 e. The Hall–Kier alpha value is -3.25. The van der Waals surface area contributed by atoms with Crippen LogP contribution in [-0.2, 0) is 6.54 Å². The minimum Gasteiger partial charge on any atom is -0.468 e. The molecule has 3 aromatic heterocycles. The van der Waals surface area contributed by atoms with Gasteiger partial charge in [0.15, 0.2) is 5.82 Å². The molecule has 6 heteroatoms. The number of hydrogen-bond donors (Lipinski definition) is 0. The van der Waals surface area contributed by atoms with Gasteiger partial charge in [-0.1, -0.05) is 12.1 Å². The Labute approximate surface area is 170 Å². The van der Waals surface area contributed by atoms with Gasteiger partial charge in [0.25, 0.3) is 0 Å². The average molecular weight is 387 g/mol. The van der Waals surface area contributed by atoms with E-state index in [0.717, 1.165) is 54.1 Å². The van der Waals surface area contributed by atoms with E-state index in [0.29, 0.717) is 5.82 Å². The number of fused-ring (bicyclic) bond motifs is 1. The van der Waals surface area contributed by atoms with Crippen LogP contribution in [0.3, 0.4) is 0 Å². The van der Waals surface area contributed by atoms with E-state index in [4.69, 9.17) is 14.4 Å². The van der Waals surface area contributed by atoms with Gasteiger partial charge in [-0.05, 0) is 56.4 Å². The molecule has 0 amide bonds. The van der Waals surface area contributed by atoms with Crippen molar-refractivity contribution in [2.24, 2.45) is 0 Å². The van der Waals surface area contributed by atoms with Crippen molar-refractivity contribution in [3.8, 4) is 11.4 Å². The van der Waals surface area contributed by atoms with Gasteiger partial charge in [0.1, 0.15) is 11.6 Å². The SMILES string of the molecule is CN(CCCN(C)c1nc(-c2cccnc2)nc2ccccc12)Cc1ccco1. The van der Waals surface area contributed by atoms with Gasteiger partial charge in [-0.15, -0.1) is 0 Å². The van der Waals surface area contributed by atoms with Gasteiger partial charge in [0.05, 0.1) is 18.3 Å². The fourth-order valence-electron chi connectivity index (χ4n) is 3.41. The van der Waals surface area contributed by atoms with E-state index in [1.54, 1.807) is 18.7 Å². The fraction of sp³-hybridized carbons (Fsp3) is 0.261. The lowest BCUT2D eigenvalue weighted by Crippen LogP contribution is -2.26. The number of aromatic nitrogens is 3. The van der Waals surface area contributed by atoms with Gasteiger partial charge in [0.2, 0.25) is 0 Å². The first-order chi connectivity index (χ1) is 14.2. The predicted octanol–water partition coefficient (Wildman–Crippen LogP) is 4.24. The summed E-state index contributed by atoms with van der Waals surface area (Å²) in [5.74, 6) is 2.64. The number of rotatable bonds is 8. The summed E-state index contributed by atoms with van der Waals surface area (Å²) in [7, 11) is 4.21. The highest BCUT2D eigenvalue weighted by Gasteiger charge is 2.13. The summed E-state index contributed by atoms with van der Waals surface area (Å²) in [6.07, 6.45) is 6.31. The molecular formula is C23H25N5O. The molecule has 0 atom stereocenters. The van der Waals surface area contributed by atoms with Crippen molar-refractivity contribution in [2.45, 2.75) is 13.0 Å². The number of hydrogen-bond acceptors (Lipinski definition) is 6. The molecule has 148 valence electrons. The highest BCUT2D eigenvalue weighted by atomic mass is 16.3. The molecule has 0 unspecified atom stereocenters. The summed E-state index contributed by atoms with van der Waals surface area (Å²) in [5, 5.41) is 1.06. The molecule has 1 aromatic carbocycles. The molecule has 0 radical (unpaired) electrons. The molecule has 6 nitrogen and oxygen atoms in total. The molecule has 0 bridgehead atoms. The van der Waals surface area contributed by atoms with Crippen LogP contribution in [0, 0.1) is 0 Å². The minimum atomic E-state index is 0.702. The van der Waals surface area contributed by atoms with Crippen LogP contribution in [0.25, 0.3) is 22.3 Å². The maximum atomic E-state index is 5.43. The Balaban J connectivity index is 1.49. The van der Waals surface area contributed by atoms with Gasteiger partial charge in [-0.3, -0.25) is 9.88 Å². The highest BCUT2D eigenvalue weighted by Crippen LogP contribution is 2.26.